The summed E-state index contributed by atoms with van der Waals surface area (Å²) in [6, 6.07) is 76.0. The van der Waals surface area contributed by atoms with Gasteiger partial charge in [0.1, 0.15) is 73.8 Å². The van der Waals surface area contributed by atoms with Crippen molar-refractivity contribution < 1.29 is 37.9 Å². The van der Waals surface area contributed by atoms with Crippen molar-refractivity contribution in [3.8, 4) is 45.3 Å². The van der Waals surface area contributed by atoms with E-state index in [9.17, 15) is 0 Å². The number of rotatable bonds is 30. The van der Waals surface area contributed by atoms with Crippen LogP contribution in [0.4, 0.5) is 0 Å². The maximum atomic E-state index is 6.70. The molecular weight excluding hydrogens is 1190 g/mol. The number of ether oxygens (including phenoxy) is 8. The highest BCUT2D eigenvalue weighted by atomic mass is 28.3. The first-order chi connectivity index (χ1) is 45.9. The molecule has 3 unspecified atom stereocenters. The molecule has 2 aliphatic carbocycles. The Balaban J connectivity index is 0.684. The summed E-state index contributed by atoms with van der Waals surface area (Å²) in [5.74, 6) is 3.68. The Morgan fingerprint density at radius 2 is 0.638 bits per heavy atom. The lowest BCUT2D eigenvalue weighted by molar-refractivity contribution is 0.261. The van der Waals surface area contributed by atoms with Gasteiger partial charge in [-0.1, -0.05) is 244 Å². The Morgan fingerprint density at radius 3 is 0.915 bits per heavy atom. The summed E-state index contributed by atoms with van der Waals surface area (Å²) in [6.45, 7) is 23.8. The maximum absolute atomic E-state index is 6.70. The first kappa shape index (κ1) is 62.1. The van der Waals surface area contributed by atoms with Gasteiger partial charge < -0.3 is 37.9 Å². The molecule has 6 aliphatic rings. The molecule has 478 valence electrons. The summed E-state index contributed by atoms with van der Waals surface area (Å²) >= 11 is 0. The summed E-state index contributed by atoms with van der Waals surface area (Å²) in [5.41, 5.74) is 18.7. The highest BCUT2D eigenvalue weighted by Crippen LogP contribution is 2.59. The van der Waals surface area contributed by atoms with Gasteiger partial charge in [-0.05, 0) is 139 Å². The number of hydrogen-bond donors (Lipinski definition) is 0. The second-order valence-corrected chi connectivity index (χ2v) is 37.8. The zero-order valence-electron chi connectivity index (χ0n) is 54.9. The summed E-state index contributed by atoms with van der Waals surface area (Å²) in [5, 5.41) is 3.02. The molecule has 0 amide bonds. The van der Waals surface area contributed by atoms with E-state index < -0.39 is 27.0 Å². The predicted octanol–water partition coefficient (Wildman–Crippen LogP) is 16.1. The van der Waals surface area contributed by atoms with E-state index in [1.165, 1.54) is 88.3 Å². The van der Waals surface area contributed by atoms with Gasteiger partial charge >= 0.3 is 0 Å². The molecule has 4 heterocycles. The van der Waals surface area contributed by atoms with Gasteiger partial charge in [-0.25, -0.2) is 0 Å². The van der Waals surface area contributed by atoms with Crippen molar-refractivity contribution in [3.63, 3.8) is 0 Å². The fourth-order valence-electron chi connectivity index (χ4n) is 15.4. The van der Waals surface area contributed by atoms with Gasteiger partial charge in [0.25, 0.3) is 0 Å². The van der Waals surface area contributed by atoms with E-state index in [2.05, 4.69) is 233 Å². The third kappa shape index (κ3) is 12.2. The molecule has 0 radical (unpaired) electrons. The van der Waals surface area contributed by atoms with Gasteiger partial charge in [0.05, 0.1) is 53.4 Å². The highest BCUT2D eigenvalue weighted by Gasteiger charge is 2.48. The molecule has 0 aromatic heterocycles. The first-order valence-corrected chi connectivity index (χ1v) is 40.6. The van der Waals surface area contributed by atoms with Crippen LogP contribution >= 0.6 is 0 Å². The highest BCUT2D eigenvalue weighted by molar-refractivity contribution is 6.91. The van der Waals surface area contributed by atoms with E-state index in [0.29, 0.717) is 39.3 Å². The Bertz CT molecular complexity index is 3920. The van der Waals surface area contributed by atoms with E-state index in [1.54, 1.807) is 0 Å². The molecule has 4 aliphatic heterocycles. The zero-order chi connectivity index (χ0) is 64.0. The van der Waals surface area contributed by atoms with E-state index in [0.717, 1.165) is 98.3 Å². The molecule has 4 saturated heterocycles. The number of allylic oxidation sites excluding steroid dienone is 2. The maximum Gasteiger partial charge on any atom is 0.122 e. The van der Waals surface area contributed by atoms with Crippen molar-refractivity contribution in [2.75, 3.05) is 52.9 Å². The van der Waals surface area contributed by atoms with Crippen LogP contribution in [-0.2, 0) is 55.5 Å². The standard InChI is InChI=1S/C84H86O8Si2/c1-7-19-57-45-61(31-39-79(57)89-53-65-49-85-65)83(75-27-13-9-23-71(75)72-24-10-14-28-76(72)83)63-33-41-81(91-55-67-51-87-67)59(47-63)21-17-43-93(3,4)69-35-37-70(38-36-69)94(5,6)44-18-22-60-48-64(34-42-82(60)92-56-68-52-88-68)84(77-29-15-11-25-73(77)74-26-12-16-30-78(74)84)62-32-40-80(58(46-62)20-8-2)90-54-66-50-86-66/h7-16,23-42,45-48,65-68H,1-2,17-22,43-44,49-56H2,3-6H3/t65?,66?,67-,68?/m1/s1. The van der Waals surface area contributed by atoms with Crippen LogP contribution in [0.1, 0.15) is 79.6 Å². The van der Waals surface area contributed by atoms with Crippen molar-refractivity contribution in [1.29, 1.82) is 0 Å². The van der Waals surface area contributed by atoms with Crippen LogP contribution in [0.25, 0.3) is 22.3 Å². The van der Waals surface area contributed by atoms with Crippen LogP contribution in [-0.4, -0.2) is 93.4 Å². The predicted molar refractivity (Wildman–Crippen MR) is 383 cm³/mol. The molecular formula is C84H86O8Si2. The van der Waals surface area contributed by atoms with Crippen LogP contribution in [0, 0.1) is 0 Å². The minimum absolute atomic E-state index is 0.149. The van der Waals surface area contributed by atoms with Gasteiger partial charge in [-0.15, -0.1) is 13.2 Å². The molecule has 9 aromatic carbocycles. The van der Waals surface area contributed by atoms with Gasteiger partial charge in [0.15, 0.2) is 0 Å². The number of aryl methyl sites for hydroxylation is 2. The summed E-state index contributed by atoms with van der Waals surface area (Å²) in [4.78, 5) is 0. The average Bonchev–Trinajstić information content (AvgIpc) is 1.51. The fourth-order valence-corrected chi connectivity index (χ4v) is 20.2. The summed E-state index contributed by atoms with van der Waals surface area (Å²) in [6.07, 6.45) is 9.88. The smallest absolute Gasteiger partial charge is 0.122 e. The molecule has 0 N–H and O–H groups in total. The molecule has 4 atom stereocenters. The minimum Gasteiger partial charge on any atom is -0.491 e. The van der Waals surface area contributed by atoms with Crippen LogP contribution < -0.4 is 29.3 Å². The van der Waals surface area contributed by atoms with Crippen molar-refractivity contribution in [2.24, 2.45) is 0 Å². The van der Waals surface area contributed by atoms with E-state index in [-0.39, 0.29) is 24.4 Å². The molecule has 9 aromatic rings. The number of benzene rings is 9. The van der Waals surface area contributed by atoms with Gasteiger partial charge in [-0.3, -0.25) is 0 Å². The lowest BCUT2D eigenvalue weighted by Crippen LogP contribution is -2.45. The first-order valence-electron chi connectivity index (χ1n) is 34.2. The third-order valence-electron chi connectivity index (χ3n) is 20.9. The zero-order valence-corrected chi connectivity index (χ0v) is 56.9. The largest absolute Gasteiger partial charge is 0.491 e. The van der Waals surface area contributed by atoms with Crippen molar-refractivity contribution >= 4 is 26.5 Å². The number of fused-ring (bicyclic) bond motifs is 6. The normalized spacial score (nSPS) is 18.9. The van der Waals surface area contributed by atoms with Crippen molar-refractivity contribution in [3.05, 3.63) is 286 Å². The Morgan fingerprint density at radius 1 is 0.372 bits per heavy atom. The van der Waals surface area contributed by atoms with Crippen LogP contribution in [0.5, 0.6) is 23.0 Å². The van der Waals surface area contributed by atoms with E-state index in [4.69, 9.17) is 37.9 Å². The fraction of sp³-hybridized carbons (Fsp3) is 0.310. The number of hydrogen-bond acceptors (Lipinski definition) is 8. The van der Waals surface area contributed by atoms with E-state index in [1.807, 2.05) is 12.2 Å². The summed E-state index contributed by atoms with van der Waals surface area (Å²) in [7, 11) is -3.79. The minimum atomic E-state index is -1.90. The lowest BCUT2D eigenvalue weighted by atomic mass is 9.67. The molecule has 8 nitrogen and oxygen atoms in total. The molecule has 94 heavy (non-hydrogen) atoms. The van der Waals surface area contributed by atoms with Crippen LogP contribution in [0.3, 0.4) is 0 Å². The topological polar surface area (TPSA) is 87.0 Å². The Labute approximate surface area is 557 Å². The number of epoxide rings is 4. The van der Waals surface area contributed by atoms with Crippen molar-refractivity contribution in [1.82, 2.24) is 0 Å². The second-order valence-electron chi connectivity index (χ2n) is 28.1. The summed E-state index contributed by atoms with van der Waals surface area (Å²) < 4.78 is 48.7. The quantitative estimate of drug-likeness (QED) is 0.0250. The van der Waals surface area contributed by atoms with Gasteiger partial charge in [0, 0.05) is 0 Å². The SMILES string of the molecule is C=CCc1cc(C2(c3ccc(OCC4CO4)c(CCC[Si](C)(C)c4ccc([Si](C)(C)CCCc5cc(C6(c7ccc(OCC8CO8)c(CC=C)c7)c7ccccc7-c7ccccc76)ccc5OC[C@H]5CO5)cc4)c3)c3ccccc3-c3ccccc32)ccc1OCC1CO1. The van der Waals surface area contributed by atoms with E-state index >= 15 is 0 Å². The third-order valence-corrected chi connectivity index (χ3v) is 27.9. The Hall–Kier alpha value is -8.07. The molecule has 10 heteroatoms. The average molecular weight is 1280 g/mol. The monoisotopic (exact) mass is 1280 g/mol. The lowest BCUT2D eigenvalue weighted by Gasteiger charge is -2.35. The van der Waals surface area contributed by atoms with Gasteiger partial charge in [0.2, 0.25) is 0 Å². The van der Waals surface area contributed by atoms with Crippen molar-refractivity contribution in [2.45, 2.75) is 112 Å². The molecule has 0 spiro atoms. The molecule has 0 saturated carbocycles. The molecule has 15 rings (SSSR count). The van der Waals surface area contributed by atoms with Gasteiger partial charge in [-0.2, -0.15) is 0 Å². The molecule has 4 fully saturated rings. The Kier molecular flexibility index (Phi) is 17.1. The molecule has 0 bridgehead atoms. The van der Waals surface area contributed by atoms with Crippen LogP contribution in [0.15, 0.2) is 219 Å². The van der Waals surface area contributed by atoms with Crippen LogP contribution in [0.2, 0.25) is 38.3 Å². The second kappa shape index (κ2) is 25.9.